The molecule has 0 amide bonds. The largest absolute Gasteiger partial charge is 0.480 e. The molecule has 0 fully saturated rings. The Morgan fingerprint density at radius 2 is 1.85 bits per heavy atom. The SMILES string of the molecule is CCc1cc(C)cc(C)c1N[C@@H](C)C(=O)OCC(Cl)(Cl)Cl.NCC(=O)O. The number of nitrogens with two attached hydrogens (primary N) is 1. The fourth-order valence-corrected chi connectivity index (χ4v) is 2.26. The van der Waals surface area contributed by atoms with Gasteiger partial charge in [0.15, 0.2) is 0 Å². The zero-order valence-corrected chi connectivity index (χ0v) is 17.5. The number of ether oxygens (including phenoxy) is 1. The third kappa shape index (κ3) is 10.1. The molecule has 1 rings (SSSR count). The highest BCUT2D eigenvalue weighted by atomic mass is 35.6. The van der Waals surface area contributed by atoms with Crippen molar-refractivity contribution in [1.29, 1.82) is 0 Å². The maximum Gasteiger partial charge on any atom is 0.328 e. The number of carboxylic acids is 1. The summed E-state index contributed by atoms with van der Waals surface area (Å²) in [7, 11) is 0. The predicted octanol–water partition coefficient (Wildman–Crippen LogP) is 3.61. The summed E-state index contributed by atoms with van der Waals surface area (Å²) in [5, 5.41) is 10.8. The highest BCUT2D eigenvalue weighted by molar-refractivity contribution is 6.67. The third-order valence-corrected chi connectivity index (χ3v) is 3.54. The van der Waals surface area contributed by atoms with E-state index in [0.29, 0.717) is 0 Å². The van der Waals surface area contributed by atoms with Gasteiger partial charge in [-0.3, -0.25) is 4.79 Å². The lowest BCUT2D eigenvalue weighted by atomic mass is 10.0. The van der Waals surface area contributed by atoms with Gasteiger partial charge in [-0.05, 0) is 38.3 Å². The number of esters is 1. The Balaban J connectivity index is 0.00000110. The van der Waals surface area contributed by atoms with Crippen LogP contribution in [-0.4, -0.2) is 40.0 Å². The number of benzene rings is 1. The Bertz CT molecular complexity index is 619. The molecular formula is C17H25Cl3N2O4. The number of aryl methyl sites for hydroxylation is 3. The number of rotatable bonds is 6. The maximum atomic E-state index is 11.9. The number of anilines is 1. The van der Waals surface area contributed by atoms with Crippen molar-refractivity contribution < 1.29 is 19.4 Å². The van der Waals surface area contributed by atoms with Crippen LogP contribution in [-0.2, 0) is 20.7 Å². The number of halogens is 3. The Hall–Kier alpha value is -1.21. The van der Waals surface area contributed by atoms with Crippen molar-refractivity contribution in [1.82, 2.24) is 0 Å². The standard InChI is InChI=1S/C15H20Cl3NO2.C2H5NO2/c1-5-12-7-9(2)6-10(3)13(12)19-11(4)14(20)21-8-15(16,17)18;3-1-2(4)5/h6-7,11,19H,5,8H2,1-4H3;1,3H2,(H,4,5)/t11-;/m0./s1. The van der Waals surface area contributed by atoms with Crippen molar-refractivity contribution >= 4 is 52.4 Å². The summed E-state index contributed by atoms with van der Waals surface area (Å²) < 4.78 is 3.39. The fourth-order valence-electron chi connectivity index (χ4n) is 2.09. The first kappa shape index (κ1) is 24.8. The number of carbonyl (C=O) groups is 2. The molecule has 0 heterocycles. The lowest BCUT2D eigenvalue weighted by Crippen LogP contribution is -2.31. The first-order chi connectivity index (χ1) is 11.9. The van der Waals surface area contributed by atoms with Crippen LogP contribution in [0.15, 0.2) is 12.1 Å². The lowest BCUT2D eigenvalue weighted by Gasteiger charge is -2.20. The van der Waals surface area contributed by atoms with E-state index in [1.807, 2.05) is 6.92 Å². The molecule has 9 heteroatoms. The summed E-state index contributed by atoms with van der Waals surface area (Å²) in [6.07, 6.45) is 0.876. The highest BCUT2D eigenvalue weighted by Gasteiger charge is 2.24. The van der Waals surface area contributed by atoms with Crippen LogP contribution in [0.5, 0.6) is 0 Å². The topological polar surface area (TPSA) is 102 Å². The molecule has 0 saturated heterocycles. The number of nitrogens with one attached hydrogen (secondary N) is 1. The highest BCUT2D eigenvalue weighted by Crippen LogP contribution is 2.27. The van der Waals surface area contributed by atoms with Gasteiger partial charge in [-0.25, -0.2) is 4.79 Å². The summed E-state index contributed by atoms with van der Waals surface area (Å²) in [5.74, 6) is -1.42. The van der Waals surface area contributed by atoms with Gasteiger partial charge in [0.25, 0.3) is 0 Å². The summed E-state index contributed by atoms with van der Waals surface area (Å²) in [4.78, 5) is 21.2. The van der Waals surface area contributed by atoms with Gasteiger partial charge in [0.1, 0.15) is 12.6 Å². The van der Waals surface area contributed by atoms with E-state index in [9.17, 15) is 9.59 Å². The molecule has 6 nitrogen and oxygen atoms in total. The maximum absolute atomic E-state index is 11.9. The molecule has 0 aliphatic rings. The second-order valence-corrected chi connectivity index (χ2v) is 8.17. The van der Waals surface area contributed by atoms with Gasteiger partial charge in [0, 0.05) is 5.69 Å². The Labute approximate surface area is 168 Å². The third-order valence-electron chi connectivity index (χ3n) is 3.21. The number of alkyl halides is 3. The molecule has 26 heavy (non-hydrogen) atoms. The van der Waals surface area contributed by atoms with E-state index in [0.717, 1.165) is 23.2 Å². The molecule has 4 N–H and O–H groups in total. The normalized spacial score (nSPS) is 11.8. The van der Waals surface area contributed by atoms with Gasteiger partial charge >= 0.3 is 11.9 Å². The van der Waals surface area contributed by atoms with Crippen molar-refractivity contribution in [3.05, 3.63) is 28.8 Å². The Kier molecular flexibility index (Phi) is 11.0. The Morgan fingerprint density at radius 1 is 1.31 bits per heavy atom. The summed E-state index contributed by atoms with van der Waals surface area (Å²) in [6, 6.07) is 3.65. The van der Waals surface area contributed by atoms with E-state index in [4.69, 9.17) is 44.6 Å². The van der Waals surface area contributed by atoms with Gasteiger partial charge in [-0.2, -0.15) is 0 Å². The molecule has 0 bridgehead atoms. The van der Waals surface area contributed by atoms with Gasteiger partial charge < -0.3 is 20.9 Å². The number of carbonyl (C=O) groups excluding carboxylic acids is 1. The quantitative estimate of drug-likeness (QED) is 0.473. The van der Waals surface area contributed by atoms with E-state index in [2.05, 4.69) is 37.0 Å². The molecule has 0 saturated carbocycles. The van der Waals surface area contributed by atoms with Crippen LogP contribution in [0.25, 0.3) is 0 Å². The fraction of sp³-hybridized carbons (Fsp3) is 0.529. The van der Waals surface area contributed by atoms with Gasteiger partial charge in [-0.1, -0.05) is 59.4 Å². The average Bonchev–Trinajstić information content (AvgIpc) is 2.54. The molecule has 0 unspecified atom stereocenters. The minimum Gasteiger partial charge on any atom is -0.480 e. The van der Waals surface area contributed by atoms with E-state index in [1.165, 1.54) is 5.56 Å². The van der Waals surface area contributed by atoms with Crippen LogP contribution in [0.3, 0.4) is 0 Å². The van der Waals surface area contributed by atoms with Crippen LogP contribution in [0.2, 0.25) is 0 Å². The van der Waals surface area contributed by atoms with Crippen molar-refractivity contribution in [2.24, 2.45) is 5.73 Å². The molecule has 0 aromatic heterocycles. The molecule has 1 aromatic rings. The summed E-state index contributed by atoms with van der Waals surface area (Å²) >= 11 is 16.7. The molecular weight excluding hydrogens is 403 g/mol. The minimum absolute atomic E-state index is 0.268. The minimum atomic E-state index is -1.59. The van der Waals surface area contributed by atoms with Gasteiger partial charge in [0.2, 0.25) is 3.79 Å². The number of carboxylic acid groups (broad SMARTS) is 1. The molecule has 0 aliphatic carbocycles. The van der Waals surface area contributed by atoms with Gasteiger partial charge in [0.05, 0.1) is 6.54 Å². The van der Waals surface area contributed by atoms with Crippen molar-refractivity contribution in [3.8, 4) is 0 Å². The van der Waals surface area contributed by atoms with Crippen LogP contribution in [0, 0.1) is 13.8 Å². The Morgan fingerprint density at radius 3 is 2.27 bits per heavy atom. The number of hydrogen-bond acceptors (Lipinski definition) is 5. The monoisotopic (exact) mass is 426 g/mol. The second-order valence-electron chi connectivity index (χ2n) is 5.66. The molecule has 0 radical (unpaired) electrons. The predicted molar refractivity (Wildman–Crippen MR) is 106 cm³/mol. The zero-order valence-electron chi connectivity index (χ0n) is 15.2. The average molecular weight is 428 g/mol. The van der Waals surface area contributed by atoms with E-state index < -0.39 is 21.8 Å². The smallest absolute Gasteiger partial charge is 0.328 e. The summed E-state index contributed by atoms with van der Waals surface area (Å²) in [6.45, 7) is 7.31. The van der Waals surface area contributed by atoms with Crippen molar-refractivity contribution in [2.45, 2.75) is 44.0 Å². The van der Waals surface area contributed by atoms with E-state index >= 15 is 0 Å². The van der Waals surface area contributed by atoms with Crippen LogP contribution in [0.4, 0.5) is 5.69 Å². The van der Waals surface area contributed by atoms with E-state index in [1.54, 1.807) is 6.92 Å². The van der Waals surface area contributed by atoms with Crippen molar-refractivity contribution in [3.63, 3.8) is 0 Å². The molecule has 1 aromatic carbocycles. The first-order valence-corrected chi connectivity index (χ1v) is 9.06. The molecule has 0 aliphatic heterocycles. The summed E-state index contributed by atoms with van der Waals surface area (Å²) in [5.41, 5.74) is 8.98. The second kappa shape index (κ2) is 11.5. The van der Waals surface area contributed by atoms with Crippen LogP contribution in [0.1, 0.15) is 30.5 Å². The number of aliphatic carboxylic acids is 1. The zero-order chi connectivity index (χ0) is 20.5. The molecule has 0 spiro atoms. The van der Waals surface area contributed by atoms with Crippen LogP contribution >= 0.6 is 34.8 Å². The van der Waals surface area contributed by atoms with Crippen molar-refractivity contribution in [2.75, 3.05) is 18.5 Å². The van der Waals surface area contributed by atoms with Gasteiger partial charge in [-0.15, -0.1) is 0 Å². The van der Waals surface area contributed by atoms with Crippen LogP contribution < -0.4 is 11.1 Å². The molecule has 1 atom stereocenters. The first-order valence-electron chi connectivity index (χ1n) is 7.93. The van der Waals surface area contributed by atoms with E-state index in [-0.39, 0.29) is 13.2 Å². The molecule has 148 valence electrons. The lowest BCUT2D eigenvalue weighted by molar-refractivity contribution is -0.144. The number of hydrogen-bond donors (Lipinski definition) is 3.